The number of nitrogens with one attached hydrogen (secondary N) is 2. The van der Waals surface area contributed by atoms with Gasteiger partial charge in [-0.25, -0.2) is 8.78 Å². The minimum atomic E-state index is -0.597. The number of amides is 1. The summed E-state index contributed by atoms with van der Waals surface area (Å²) in [5.74, 6) is -1.41. The van der Waals surface area contributed by atoms with Crippen molar-refractivity contribution in [2.24, 2.45) is 0 Å². The first-order valence-corrected chi connectivity index (χ1v) is 6.10. The van der Waals surface area contributed by atoms with E-state index in [2.05, 4.69) is 10.6 Å². The molecule has 0 aliphatic heterocycles. The van der Waals surface area contributed by atoms with Crippen LogP contribution in [0.25, 0.3) is 0 Å². The molecule has 20 heavy (non-hydrogen) atoms. The van der Waals surface area contributed by atoms with Gasteiger partial charge in [0, 0.05) is 30.4 Å². The molecule has 2 aromatic carbocycles. The fourth-order valence-electron chi connectivity index (χ4n) is 1.81. The molecule has 0 saturated carbocycles. The van der Waals surface area contributed by atoms with Gasteiger partial charge in [0.1, 0.15) is 11.6 Å². The Morgan fingerprint density at radius 2 is 1.75 bits per heavy atom. The summed E-state index contributed by atoms with van der Waals surface area (Å²) in [6.45, 7) is 0.00963. The van der Waals surface area contributed by atoms with Crippen LogP contribution in [-0.2, 0) is 6.54 Å². The Bertz CT molecular complexity index is 609. The molecule has 0 saturated heterocycles. The highest BCUT2D eigenvalue weighted by Gasteiger charge is 2.08. The van der Waals surface area contributed by atoms with Crippen molar-refractivity contribution < 1.29 is 13.6 Å². The van der Waals surface area contributed by atoms with Gasteiger partial charge in [-0.05, 0) is 30.3 Å². The Morgan fingerprint density at radius 3 is 2.40 bits per heavy atom. The van der Waals surface area contributed by atoms with E-state index < -0.39 is 11.6 Å². The zero-order valence-electron chi connectivity index (χ0n) is 10.9. The SMILES string of the molecule is CNC(=O)c1cccc(NCc2c(F)cccc2F)c1. The van der Waals surface area contributed by atoms with E-state index in [1.807, 2.05) is 0 Å². The van der Waals surface area contributed by atoms with Gasteiger partial charge in [-0.1, -0.05) is 12.1 Å². The third-order valence-corrected chi connectivity index (χ3v) is 2.88. The summed E-state index contributed by atoms with van der Waals surface area (Å²) in [7, 11) is 1.54. The second-order valence-electron chi connectivity index (χ2n) is 4.21. The molecule has 0 aromatic heterocycles. The Morgan fingerprint density at radius 1 is 1.10 bits per heavy atom. The van der Waals surface area contributed by atoms with Gasteiger partial charge >= 0.3 is 0 Å². The van der Waals surface area contributed by atoms with E-state index in [0.717, 1.165) is 0 Å². The molecule has 0 heterocycles. The van der Waals surface area contributed by atoms with Crippen molar-refractivity contribution >= 4 is 11.6 Å². The van der Waals surface area contributed by atoms with Crippen LogP contribution in [0.3, 0.4) is 0 Å². The van der Waals surface area contributed by atoms with Crippen LogP contribution in [0.1, 0.15) is 15.9 Å². The van der Waals surface area contributed by atoms with Crippen LogP contribution >= 0.6 is 0 Å². The van der Waals surface area contributed by atoms with E-state index in [4.69, 9.17) is 0 Å². The highest BCUT2D eigenvalue weighted by molar-refractivity contribution is 5.94. The molecule has 2 aromatic rings. The number of rotatable bonds is 4. The molecule has 0 bridgehead atoms. The molecule has 5 heteroatoms. The quantitative estimate of drug-likeness (QED) is 0.901. The first-order valence-electron chi connectivity index (χ1n) is 6.10. The van der Waals surface area contributed by atoms with Gasteiger partial charge in [0.05, 0.1) is 0 Å². The van der Waals surface area contributed by atoms with E-state index in [1.54, 1.807) is 24.3 Å². The van der Waals surface area contributed by atoms with Crippen LogP contribution in [0.2, 0.25) is 0 Å². The van der Waals surface area contributed by atoms with Gasteiger partial charge in [0.25, 0.3) is 5.91 Å². The van der Waals surface area contributed by atoms with Crippen molar-refractivity contribution in [1.82, 2.24) is 5.32 Å². The molecule has 104 valence electrons. The first-order chi connectivity index (χ1) is 9.61. The van der Waals surface area contributed by atoms with Crippen molar-refractivity contribution in [3.05, 3.63) is 65.2 Å². The van der Waals surface area contributed by atoms with Crippen molar-refractivity contribution in [2.75, 3.05) is 12.4 Å². The summed E-state index contributed by atoms with van der Waals surface area (Å²) in [5.41, 5.74) is 1.07. The molecule has 2 rings (SSSR count). The molecule has 0 fully saturated rings. The molecule has 0 aliphatic rings. The number of carbonyl (C=O) groups is 1. The predicted molar refractivity (Wildman–Crippen MR) is 73.5 cm³/mol. The molecule has 1 amide bonds. The monoisotopic (exact) mass is 276 g/mol. The maximum absolute atomic E-state index is 13.5. The number of halogens is 2. The zero-order valence-corrected chi connectivity index (χ0v) is 10.9. The third kappa shape index (κ3) is 3.12. The van der Waals surface area contributed by atoms with Gasteiger partial charge in [-0.15, -0.1) is 0 Å². The highest BCUT2D eigenvalue weighted by atomic mass is 19.1. The summed E-state index contributed by atoms with van der Waals surface area (Å²) in [6.07, 6.45) is 0. The smallest absolute Gasteiger partial charge is 0.251 e. The number of anilines is 1. The normalized spacial score (nSPS) is 10.2. The fraction of sp³-hybridized carbons (Fsp3) is 0.133. The lowest BCUT2D eigenvalue weighted by Gasteiger charge is -2.09. The van der Waals surface area contributed by atoms with Crippen LogP contribution in [-0.4, -0.2) is 13.0 Å². The van der Waals surface area contributed by atoms with Gasteiger partial charge in [0.15, 0.2) is 0 Å². The van der Waals surface area contributed by atoms with E-state index in [0.29, 0.717) is 11.3 Å². The van der Waals surface area contributed by atoms with E-state index in [9.17, 15) is 13.6 Å². The molecule has 0 unspecified atom stereocenters. The average Bonchev–Trinajstić information content (AvgIpc) is 2.46. The lowest BCUT2D eigenvalue weighted by atomic mass is 10.1. The molecular weight excluding hydrogens is 262 g/mol. The van der Waals surface area contributed by atoms with Crippen molar-refractivity contribution in [3.63, 3.8) is 0 Å². The number of carbonyl (C=O) groups excluding carboxylic acids is 1. The minimum absolute atomic E-state index is 0.00963. The molecule has 0 spiro atoms. The Hall–Kier alpha value is -2.43. The first kappa shape index (κ1) is 14.0. The number of hydrogen-bond acceptors (Lipinski definition) is 2. The van der Waals surface area contributed by atoms with Crippen molar-refractivity contribution in [3.8, 4) is 0 Å². The summed E-state index contributed by atoms with van der Waals surface area (Å²) in [5, 5.41) is 5.42. The third-order valence-electron chi connectivity index (χ3n) is 2.88. The molecule has 0 radical (unpaired) electrons. The van der Waals surface area contributed by atoms with Crippen LogP contribution in [0.15, 0.2) is 42.5 Å². The topological polar surface area (TPSA) is 41.1 Å². The lowest BCUT2D eigenvalue weighted by molar-refractivity contribution is 0.0963. The van der Waals surface area contributed by atoms with Gasteiger partial charge in [0.2, 0.25) is 0 Å². The predicted octanol–water partition coefficient (Wildman–Crippen LogP) is 2.94. The summed E-state index contributed by atoms with van der Waals surface area (Å²) in [4.78, 5) is 11.5. The molecule has 3 nitrogen and oxygen atoms in total. The zero-order chi connectivity index (χ0) is 14.5. The van der Waals surface area contributed by atoms with Crippen molar-refractivity contribution in [2.45, 2.75) is 6.54 Å². The van der Waals surface area contributed by atoms with Crippen molar-refractivity contribution in [1.29, 1.82) is 0 Å². The van der Waals surface area contributed by atoms with E-state index in [-0.39, 0.29) is 18.0 Å². The molecule has 0 atom stereocenters. The second kappa shape index (κ2) is 6.14. The minimum Gasteiger partial charge on any atom is -0.381 e. The highest BCUT2D eigenvalue weighted by Crippen LogP contribution is 2.16. The second-order valence-corrected chi connectivity index (χ2v) is 4.21. The average molecular weight is 276 g/mol. The van der Waals surface area contributed by atoms with E-state index >= 15 is 0 Å². The Balaban J connectivity index is 2.13. The summed E-state index contributed by atoms with van der Waals surface area (Å²) in [6, 6.07) is 10.4. The van der Waals surface area contributed by atoms with Crippen LogP contribution in [0.5, 0.6) is 0 Å². The standard InChI is InChI=1S/C15H14F2N2O/c1-18-15(20)10-4-2-5-11(8-10)19-9-12-13(16)6-3-7-14(12)17/h2-8,19H,9H2,1H3,(H,18,20). The fourth-order valence-corrected chi connectivity index (χ4v) is 1.81. The van der Waals surface area contributed by atoms with Crippen LogP contribution < -0.4 is 10.6 Å². The lowest BCUT2D eigenvalue weighted by Crippen LogP contribution is -2.17. The largest absolute Gasteiger partial charge is 0.381 e. The Labute approximate surface area is 115 Å². The van der Waals surface area contributed by atoms with Gasteiger partial charge in [-0.3, -0.25) is 4.79 Å². The van der Waals surface area contributed by atoms with E-state index in [1.165, 1.54) is 25.2 Å². The maximum Gasteiger partial charge on any atom is 0.251 e. The van der Waals surface area contributed by atoms with Gasteiger partial charge < -0.3 is 10.6 Å². The Kier molecular flexibility index (Phi) is 4.30. The maximum atomic E-state index is 13.5. The van der Waals surface area contributed by atoms with Crippen LogP contribution in [0, 0.1) is 11.6 Å². The molecule has 2 N–H and O–H groups in total. The van der Waals surface area contributed by atoms with Gasteiger partial charge in [-0.2, -0.15) is 0 Å². The molecule has 0 aliphatic carbocycles. The van der Waals surface area contributed by atoms with Crippen LogP contribution in [0.4, 0.5) is 14.5 Å². The summed E-state index contributed by atoms with van der Waals surface area (Å²) >= 11 is 0. The number of benzene rings is 2. The molecular formula is C15H14F2N2O. The summed E-state index contributed by atoms with van der Waals surface area (Å²) < 4.78 is 26.9. The number of hydrogen-bond donors (Lipinski definition) is 2.